The maximum atomic E-state index is 12.4. The number of hydrogen-bond donors (Lipinski definition) is 0. The molecule has 3 aliphatic rings. The summed E-state index contributed by atoms with van der Waals surface area (Å²) in [5, 5.41) is 0. The number of Topliss-reactive ketones (excluding diaryl/α,β-unsaturated/α-hetero) is 1. The number of ketones is 1. The van der Waals surface area contributed by atoms with Gasteiger partial charge in [0.05, 0.1) is 0 Å². The van der Waals surface area contributed by atoms with Gasteiger partial charge in [-0.2, -0.15) is 0 Å². The summed E-state index contributed by atoms with van der Waals surface area (Å²) in [4.78, 5) is 12.4. The first-order chi connectivity index (χ1) is 9.73. The van der Waals surface area contributed by atoms with E-state index in [1.807, 2.05) is 0 Å². The summed E-state index contributed by atoms with van der Waals surface area (Å²) >= 11 is 0. The largest absolute Gasteiger partial charge is 0.299 e. The monoisotopic (exact) mass is 286 g/mol. The Kier molecular flexibility index (Phi) is 3.28. The Labute approximate surface area is 129 Å². The molecule has 2 fully saturated rings. The highest BCUT2D eigenvalue weighted by molar-refractivity contribution is 5.85. The zero-order valence-electron chi connectivity index (χ0n) is 14.2. The van der Waals surface area contributed by atoms with Crippen molar-refractivity contribution in [1.82, 2.24) is 0 Å². The summed E-state index contributed by atoms with van der Waals surface area (Å²) in [5.41, 5.74) is 2.07. The van der Waals surface area contributed by atoms with Crippen LogP contribution in [-0.2, 0) is 4.79 Å². The van der Waals surface area contributed by atoms with Crippen LogP contribution in [0.15, 0.2) is 24.3 Å². The van der Waals surface area contributed by atoms with Crippen molar-refractivity contribution in [3.05, 3.63) is 24.3 Å². The van der Waals surface area contributed by atoms with Crippen LogP contribution in [0.3, 0.4) is 0 Å². The van der Waals surface area contributed by atoms with Crippen molar-refractivity contribution in [3.8, 4) is 0 Å². The standard InChI is InChI=1S/C20H30O/c1-6-19(4)11-9-15-14(13-19)7-8-16-18(2,3)17(21)10-12-20(15,16)5/h6,9,14,16H,1,7-8,10-13H2,2-5H3/t14-,16+,19-,20-/m0/s1. The Morgan fingerprint density at radius 3 is 2.62 bits per heavy atom. The molecule has 116 valence electrons. The van der Waals surface area contributed by atoms with Crippen molar-refractivity contribution < 1.29 is 4.79 Å². The highest BCUT2D eigenvalue weighted by Crippen LogP contribution is 2.62. The molecule has 1 heteroatoms. The van der Waals surface area contributed by atoms with Gasteiger partial charge < -0.3 is 0 Å². The van der Waals surface area contributed by atoms with Gasteiger partial charge >= 0.3 is 0 Å². The molecule has 0 radical (unpaired) electrons. The second-order valence-electron chi connectivity index (χ2n) is 8.82. The summed E-state index contributed by atoms with van der Waals surface area (Å²) in [6.45, 7) is 13.2. The zero-order chi connectivity index (χ0) is 15.5. The van der Waals surface area contributed by atoms with Crippen LogP contribution in [0.1, 0.15) is 66.2 Å². The van der Waals surface area contributed by atoms with Gasteiger partial charge in [-0.25, -0.2) is 0 Å². The van der Waals surface area contributed by atoms with Crippen LogP contribution in [-0.4, -0.2) is 5.78 Å². The van der Waals surface area contributed by atoms with Crippen molar-refractivity contribution >= 4 is 5.78 Å². The molecule has 0 saturated heterocycles. The first-order valence-electron chi connectivity index (χ1n) is 8.60. The molecule has 0 aliphatic heterocycles. The average molecular weight is 286 g/mol. The molecule has 1 nitrogen and oxygen atoms in total. The molecule has 21 heavy (non-hydrogen) atoms. The van der Waals surface area contributed by atoms with Gasteiger partial charge in [-0.05, 0) is 54.8 Å². The average Bonchev–Trinajstić information content (AvgIpc) is 2.43. The second kappa shape index (κ2) is 4.57. The minimum absolute atomic E-state index is 0.141. The van der Waals surface area contributed by atoms with Gasteiger partial charge in [-0.3, -0.25) is 4.79 Å². The minimum atomic E-state index is -0.141. The van der Waals surface area contributed by atoms with Crippen LogP contribution in [0.2, 0.25) is 0 Å². The van der Waals surface area contributed by atoms with E-state index < -0.39 is 0 Å². The summed E-state index contributed by atoms with van der Waals surface area (Å²) < 4.78 is 0. The van der Waals surface area contributed by atoms with Crippen LogP contribution in [0.4, 0.5) is 0 Å². The molecule has 0 N–H and O–H groups in total. The first-order valence-corrected chi connectivity index (χ1v) is 8.60. The normalized spacial score (nSPS) is 45.3. The van der Waals surface area contributed by atoms with E-state index in [4.69, 9.17) is 0 Å². The molecule has 0 bridgehead atoms. The van der Waals surface area contributed by atoms with Crippen LogP contribution < -0.4 is 0 Å². The number of hydrogen-bond acceptors (Lipinski definition) is 1. The fraction of sp³-hybridized carbons (Fsp3) is 0.750. The van der Waals surface area contributed by atoms with E-state index in [1.165, 1.54) is 19.3 Å². The lowest BCUT2D eigenvalue weighted by Crippen LogP contribution is -2.52. The van der Waals surface area contributed by atoms with E-state index >= 15 is 0 Å². The molecule has 0 unspecified atom stereocenters. The highest BCUT2D eigenvalue weighted by atomic mass is 16.1. The Morgan fingerprint density at radius 2 is 1.95 bits per heavy atom. The predicted molar refractivity (Wildman–Crippen MR) is 88.0 cm³/mol. The number of fused-ring (bicyclic) bond motifs is 3. The molecular weight excluding hydrogens is 256 g/mol. The van der Waals surface area contributed by atoms with Crippen LogP contribution in [0.25, 0.3) is 0 Å². The van der Waals surface area contributed by atoms with E-state index in [0.29, 0.717) is 17.6 Å². The van der Waals surface area contributed by atoms with Crippen molar-refractivity contribution in [1.29, 1.82) is 0 Å². The number of carbonyl (C=O) groups excluding carboxylic acids is 1. The molecule has 0 amide bonds. The Morgan fingerprint density at radius 1 is 1.24 bits per heavy atom. The molecule has 4 atom stereocenters. The maximum absolute atomic E-state index is 12.4. The van der Waals surface area contributed by atoms with Crippen molar-refractivity contribution in [3.63, 3.8) is 0 Å². The fourth-order valence-corrected chi connectivity index (χ4v) is 5.64. The van der Waals surface area contributed by atoms with Crippen molar-refractivity contribution in [2.75, 3.05) is 0 Å². The molecular formula is C20H30O. The van der Waals surface area contributed by atoms with E-state index in [-0.39, 0.29) is 16.2 Å². The van der Waals surface area contributed by atoms with Gasteiger partial charge in [0, 0.05) is 11.8 Å². The molecule has 0 aromatic heterocycles. The van der Waals surface area contributed by atoms with Gasteiger partial charge in [0.2, 0.25) is 0 Å². The molecule has 0 heterocycles. The van der Waals surface area contributed by atoms with E-state index in [1.54, 1.807) is 5.57 Å². The lowest BCUT2D eigenvalue weighted by Gasteiger charge is -2.57. The lowest BCUT2D eigenvalue weighted by molar-refractivity contribution is -0.140. The quantitative estimate of drug-likeness (QED) is 0.596. The van der Waals surface area contributed by atoms with Crippen LogP contribution in [0.5, 0.6) is 0 Å². The van der Waals surface area contributed by atoms with Crippen molar-refractivity contribution in [2.45, 2.75) is 66.2 Å². The molecule has 0 aromatic carbocycles. The zero-order valence-corrected chi connectivity index (χ0v) is 14.2. The predicted octanol–water partition coefficient (Wildman–Crippen LogP) is 5.32. The van der Waals surface area contributed by atoms with Gasteiger partial charge in [0.15, 0.2) is 0 Å². The number of carbonyl (C=O) groups is 1. The Balaban J connectivity index is 1.99. The van der Waals surface area contributed by atoms with Crippen molar-refractivity contribution in [2.24, 2.45) is 28.1 Å². The molecule has 0 spiro atoms. The lowest BCUT2D eigenvalue weighted by atomic mass is 9.46. The third-order valence-corrected chi connectivity index (χ3v) is 7.13. The van der Waals surface area contributed by atoms with Gasteiger partial charge in [-0.15, -0.1) is 6.58 Å². The summed E-state index contributed by atoms with van der Waals surface area (Å²) in [7, 11) is 0. The van der Waals surface area contributed by atoms with Gasteiger partial charge in [-0.1, -0.05) is 45.4 Å². The van der Waals surface area contributed by atoms with Gasteiger partial charge in [0.1, 0.15) is 5.78 Å². The summed E-state index contributed by atoms with van der Waals surface area (Å²) in [6.07, 6.45) is 11.3. The van der Waals surface area contributed by atoms with E-state index in [0.717, 1.165) is 19.3 Å². The maximum Gasteiger partial charge on any atom is 0.138 e. The second-order valence-corrected chi connectivity index (χ2v) is 8.82. The van der Waals surface area contributed by atoms with Crippen LogP contribution in [0, 0.1) is 28.1 Å². The Bertz CT molecular complexity index is 512. The van der Waals surface area contributed by atoms with E-state index in [9.17, 15) is 4.79 Å². The van der Waals surface area contributed by atoms with E-state index in [2.05, 4.69) is 46.4 Å². The smallest absolute Gasteiger partial charge is 0.138 e. The third-order valence-electron chi connectivity index (χ3n) is 7.13. The number of rotatable bonds is 1. The highest BCUT2D eigenvalue weighted by Gasteiger charge is 2.56. The molecule has 2 saturated carbocycles. The molecule has 3 aliphatic carbocycles. The topological polar surface area (TPSA) is 17.1 Å². The Hall–Kier alpha value is -0.850. The van der Waals surface area contributed by atoms with Gasteiger partial charge in [0.25, 0.3) is 0 Å². The summed E-state index contributed by atoms with van der Waals surface area (Å²) in [5.74, 6) is 1.73. The fourth-order valence-electron chi connectivity index (χ4n) is 5.64. The first kappa shape index (κ1) is 15.1. The summed E-state index contributed by atoms with van der Waals surface area (Å²) in [6, 6.07) is 0. The number of allylic oxidation sites excluding steroid dienone is 3. The SMILES string of the molecule is C=C[C@@]1(C)CC=C2[C@@H](CC[C@@H]3C(C)(C)C(=O)CC[C@@]23C)C1. The third kappa shape index (κ3) is 2.07. The molecule has 3 rings (SSSR count). The van der Waals surface area contributed by atoms with Crippen LogP contribution >= 0.6 is 0 Å². The molecule has 0 aromatic rings. The minimum Gasteiger partial charge on any atom is -0.299 e.